The van der Waals surface area contributed by atoms with Gasteiger partial charge in [-0.25, -0.2) is 0 Å². The quantitative estimate of drug-likeness (QED) is 0.194. The number of benzene rings is 8. The Bertz CT molecular complexity index is 2220. The Morgan fingerprint density at radius 2 is 0.884 bits per heavy atom. The lowest BCUT2D eigenvalue weighted by atomic mass is 9.95. The standard InChI is InChI=1S/C42H29N/c1-3-11-30(12-4-1)31-23-25-36(26-24-31)43(41-18-10-9-16-38(41)32-13-5-2-6-14-32)37-27-28-40-35(29-37)22-21-34-20-19-33-15-7-8-17-39(33)42(34)40/h1-29H. The molecule has 0 bridgehead atoms. The molecule has 8 aromatic carbocycles. The first-order valence-corrected chi connectivity index (χ1v) is 14.8. The second-order valence-corrected chi connectivity index (χ2v) is 11.0. The van der Waals surface area contributed by atoms with E-state index in [1.54, 1.807) is 0 Å². The highest BCUT2D eigenvalue weighted by Gasteiger charge is 2.18. The molecular weight excluding hydrogens is 518 g/mol. The molecule has 1 heteroatoms. The molecule has 0 spiro atoms. The molecule has 0 aromatic heterocycles. The van der Waals surface area contributed by atoms with Gasteiger partial charge in [-0.1, -0.05) is 146 Å². The maximum atomic E-state index is 2.39. The van der Waals surface area contributed by atoms with Gasteiger partial charge in [-0.2, -0.15) is 0 Å². The zero-order valence-corrected chi connectivity index (χ0v) is 23.7. The number of fused-ring (bicyclic) bond motifs is 5. The fourth-order valence-corrected chi connectivity index (χ4v) is 6.35. The molecule has 0 fully saturated rings. The number of anilines is 3. The van der Waals surface area contributed by atoms with E-state index in [9.17, 15) is 0 Å². The molecule has 0 saturated heterocycles. The van der Waals surface area contributed by atoms with Crippen molar-refractivity contribution in [2.24, 2.45) is 0 Å². The molecule has 202 valence electrons. The van der Waals surface area contributed by atoms with Crippen LogP contribution in [-0.2, 0) is 0 Å². The molecule has 43 heavy (non-hydrogen) atoms. The van der Waals surface area contributed by atoms with Gasteiger partial charge in [0.2, 0.25) is 0 Å². The van der Waals surface area contributed by atoms with Crippen LogP contribution in [0.5, 0.6) is 0 Å². The van der Waals surface area contributed by atoms with E-state index in [1.165, 1.54) is 54.6 Å². The highest BCUT2D eigenvalue weighted by Crippen LogP contribution is 2.43. The lowest BCUT2D eigenvalue weighted by Crippen LogP contribution is -2.11. The smallest absolute Gasteiger partial charge is 0.0540 e. The van der Waals surface area contributed by atoms with E-state index in [0.29, 0.717) is 0 Å². The molecule has 8 aromatic rings. The van der Waals surface area contributed by atoms with Crippen molar-refractivity contribution in [3.63, 3.8) is 0 Å². The van der Waals surface area contributed by atoms with E-state index in [-0.39, 0.29) is 0 Å². The van der Waals surface area contributed by atoms with Crippen LogP contribution >= 0.6 is 0 Å². The van der Waals surface area contributed by atoms with Gasteiger partial charge >= 0.3 is 0 Å². The summed E-state index contributed by atoms with van der Waals surface area (Å²) in [6.45, 7) is 0. The van der Waals surface area contributed by atoms with Crippen molar-refractivity contribution in [2.75, 3.05) is 4.90 Å². The summed E-state index contributed by atoms with van der Waals surface area (Å²) in [6.07, 6.45) is 0. The molecule has 0 saturated carbocycles. The van der Waals surface area contributed by atoms with Crippen molar-refractivity contribution in [3.05, 3.63) is 176 Å². The van der Waals surface area contributed by atoms with Crippen molar-refractivity contribution < 1.29 is 0 Å². The van der Waals surface area contributed by atoms with Crippen molar-refractivity contribution in [1.82, 2.24) is 0 Å². The van der Waals surface area contributed by atoms with Crippen LogP contribution < -0.4 is 4.90 Å². The average molecular weight is 548 g/mol. The monoisotopic (exact) mass is 547 g/mol. The van der Waals surface area contributed by atoms with Crippen LogP contribution in [0.3, 0.4) is 0 Å². The largest absolute Gasteiger partial charge is 0.310 e. The fraction of sp³-hybridized carbons (Fsp3) is 0. The topological polar surface area (TPSA) is 3.24 Å². The molecule has 0 aliphatic heterocycles. The van der Waals surface area contributed by atoms with E-state index in [0.717, 1.165) is 17.1 Å². The molecule has 0 aliphatic carbocycles. The predicted octanol–water partition coefficient (Wildman–Crippen LogP) is 11.9. The van der Waals surface area contributed by atoms with Crippen LogP contribution in [0, 0.1) is 0 Å². The molecule has 0 amide bonds. The first-order valence-electron chi connectivity index (χ1n) is 14.8. The maximum absolute atomic E-state index is 2.39. The summed E-state index contributed by atoms with van der Waals surface area (Å²) < 4.78 is 0. The van der Waals surface area contributed by atoms with Gasteiger partial charge < -0.3 is 4.90 Å². The van der Waals surface area contributed by atoms with Crippen molar-refractivity contribution in [1.29, 1.82) is 0 Å². The SMILES string of the molecule is c1ccc(-c2ccc(N(c3ccc4c(ccc5ccc6ccccc6c54)c3)c3ccccc3-c3ccccc3)cc2)cc1. The van der Waals surface area contributed by atoms with Crippen molar-refractivity contribution in [2.45, 2.75) is 0 Å². The summed E-state index contributed by atoms with van der Waals surface area (Å²) in [5.41, 5.74) is 8.21. The zero-order valence-electron chi connectivity index (χ0n) is 23.7. The normalized spacial score (nSPS) is 11.3. The highest BCUT2D eigenvalue weighted by atomic mass is 15.1. The number of hydrogen-bond acceptors (Lipinski definition) is 1. The van der Waals surface area contributed by atoms with Gasteiger partial charge in [-0.3, -0.25) is 0 Å². The predicted molar refractivity (Wildman–Crippen MR) is 185 cm³/mol. The molecule has 0 atom stereocenters. The Morgan fingerprint density at radius 3 is 1.67 bits per heavy atom. The van der Waals surface area contributed by atoms with E-state index in [1.807, 2.05) is 0 Å². The summed E-state index contributed by atoms with van der Waals surface area (Å²) in [4.78, 5) is 2.39. The lowest BCUT2D eigenvalue weighted by Gasteiger charge is -2.28. The van der Waals surface area contributed by atoms with E-state index in [2.05, 4.69) is 181 Å². The Balaban J connectivity index is 1.34. The first kappa shape index (κ1) is 25.1. The number of nitrogens with zero attached hydrogens (tertiary/aromatic N) is 1. The molecule has 0 N–H and O–H groups in total. The van der Waals surface area contributed by atoms with Crippen LogP contribution in [0.4, 0.5) is 17.1 Å². The van der Waals surface area contributed by atoms with Crippen molar-refractivity contribution >= 4 is 49.4 Å². The number of para-hydroxylation sites is 1. The molecule has 8 rings (SSSR count). The third kappa shape index (κ3) is 4.52. The van der Waals surface area contributed by atoms with E-state index >= 15 is 0 Å². The fourth-order valence-electron chi connectivity index (χ4n) is 6.35. The van der Waals surface area contributed by atoms with Gasteiger partial charge in [0.05, 0.1) is 5.69 Å². The average Bonchev–Trinajstić information content (AvgIpc) is 3.09. The van der Waals surface area contributed by atoms with Crippen LogP contribution in [0.1, 0.15) is 0 Å². The third-order valence-electron chi connectivity index (χ3n) is 8.43. The summed E-state index contributed by atoms with van der Waals surface area (Å²) in [7, 11) is 0. The Kier molecular flexibility index (Phi) is 6.20. The molecule has 1 nitrogen and oxygen atoms in total. The van der Waals surface area contributed by atoms with Crippen molar-refractivity contribution in [3.8, 4) is 22.3 Å². The number of rotatable bonds is 5. The molecule has 0 radical (unpaired) electrons. The Labute approximate surface area is 251 Å². The first-order chi connectivity index (χ1) is 21.3. The molecule has 0 unspecified atom stereocenters. The van der Waals surface area contributed by atoms with Gasteiger partial charge in [0, 0.05) is 16.9 Å². The van der Waals surface area contributed by atoms with Gasteiger partial charge in [0.1, 0.15) is 0 Å². The van der Waals surface area contributed by atoms with E-state index < -0.39 is 0 Å². The van der Waals surface area contributed by atoms with Gasteiger partial charge in [-0.05, 0) is 79.3 Å². The van der Waals surface area contributed by atoms with Gasteiger partial charge in [-0.15, -0.1) is 0 Å². The summed E-state index contributed by atoms with van der Waals surface area (Å²) in [5, 5.41) is 7.63. The number of hydrogen-bond donors (Lipinski definition) is 0. The Hall–Kier alpha value is -5.66. The summed E-state index contributed by atoms with van der Waals surface area (Å²) in [6, 6.07) is 63.4. The third-order valence-corrected chi connectivity index (χ3v) is 8.43. The van der Waals surface area contributed by atoms with Crippen LogP contribution in [0.2, 0.25) is 0 Å². The second-order valence-electron chi connectivity index (χ2n) is 11.0. The second kappa shape index (κ2) is 10.6. The van der Waals surface area contributed by atoms with Crippen LogP contribution in [0.25, 0.3) is 54.6 Å². The van der Waals surface area contributed by atoms with Crippen LogP contribution in [0.15, 0.2) is 176 Å². The lowest BCUT2D eigenvalue weighted by molar-refractivity contribution is 1.29. The van der Waals surface area contributed by atoms with E-state index in [4.69, 9.17) is 0 Å². The Morgan fingerprint density at radius 1 is 0.326 bits per heavy atom. The zero-order chi connectivity index (χ0) is 28.6. The van der Waals surface area contributed by atoms with Gasteiger partial charge in [0.15, 0.2) is 0 Å². The maximum Gasteiger partial charge on any atom is 0.0540 e. The molecule has 0 heterocycles. The van der Waals surface area contributed by atoms with Gasteiger partial charge in [0.25, 0.3) is 0 Å². The highest BCUT2D eigenvalue weighted by molar-refractivity contribution is 6.20. The van der Waals surface area contributed by atoms with Crippen LogP contribution in [-0.4, -0.2) is 0 Å². The molecular formula is C42H29N. The summed E-state index contributed by atoms with van der Waals surface area (Å²) >= 11 is 0. The minimum atomic E-state index is 1.12. The minimum Gasteiger partial charge on any atom is -0.310 e. The molecule has 0 aliphatic rings. The summed E-state index contributed by atoms with van der Waals surface area (Å²) in [5.74, 6) is 0. The minimum absolute atomic E-state index is 1.12.